The Morgan fingerprint density at radius 3 is 2.20 bits per heavy atom. The Labute approximate surface area is 261 Å². The van der Waals surface area contributed by atoms with E-state index in [1.807, 2.05) is 11.9 Å². The average molecular weight is 814 g/mol. The molecule has 0 saturated carbocycles. The highest BCUT2D eigenvalue weighted by molar-refractivity contribution is 14.1. The molecule has 2 aliphatic rings. The lowest BCUT2D eigenvalue weighted by atomic mass is 10.1. The Morgan fingerprint density at radius 1 is 0.909 bits per heavy atom. The Bertz CT molecular complexity index is 1670. The molecular formula is C20H23IN2O17P4-4. The molecule has 19 nitrogen and oxygen atoms in total. The first-order valence-corrected chi connectivity index (χ1v) is 19.5. The van der Waals surface area contributed by atoms with Crippen LogP contribution < -0.4 is 36.1 Å². The van der Waals surface area contributed by atoms with E-state index in [9.17, 15) is 47.4 Å². The molecule has 1 aromatic carbocycles. The minimum Gasteiger partial charge on any atom is -0.775 e. The van der Waals surface area contributed by atoms with E-state index >= 15 is 0 Å². The molecule has 1 N–H and O–H groups in total. The van der Waals surface area contributed by atoms with Crippen LogP contribution in [0, 0.1) is 3.57 Å². The predicted molar refractivity (Wildman–Crippen MR) is 147 cm³/mol. The summed E-state index contributed by atoms with van der Waals surface area (Å²) >= 11 is 1.55. The van der Waals surface area contributed by atoms with Crippen molar-refractivity contribution in [3.63, 3.8) is 0 Å². The molecular weight excluding hydrogens is 791 g/mol. The van der Waals surface area contributed by atoms with Crippen LogP contribution in [-0.2, 0) is 49.9 Å². The van der Waals surface area contributed by atoms with Crippen LogP contribution in [0.15, 0.2) is 46.1 Å². The number of aromatic nitrogens is 2. The number of unbranched alkanes of at least 4 members (excludes halogenated alkanes) is 1. The number of aromatic amines is 1. The number of phosphoric acid groups is 3. The van der Waals surface area contributed by atoms with Gasteiger partial charge in [-0.25, -0.2) is 13.4 Å². The summed E-state index contributed by atoms with van der Waals surface area (Å²) in [5.41, 5.74) is -1.57. The number of nitrogens with zero attached hydrogens (tertiary/aromatic N) is 1. The molecule has 1 aromatic heterocycles. The Balaban J connectivity index is 1.43. The maximum Gasteiger partial charge on any atom is 0.330 e. The monoisotopic (exact) mass is 814 g/mol. The Morgan fingerprint density at radius 2 is 1.55 bits per heavy atom. The van der Waals surface area contributed by atoms with Crippen molar-refractivity contribution < 1.29 is 69.5 Å². The van der Waals surface area contributed by atoms with E-state index < -0.39 is 85.1 Å². The van der Waals surface area contributed by atoms with Crippen LogP contribution in [-0.4, -0.2) is 40.8 Å². The lowest BCUT2D eigenvalue weighted by Crippen LogP contribution is -2.36. The first kappa shape index (κ1) is 36.0. The van der Waals surface area contributed by atoms with Gasteiger partial charge in [0.15, 0.2) is 20.1 Å². The zero-order valence-electron chi connectivity index (χ0n) is 22.2. The van der Waals surface area contributed by atoms with E-state index in [1.54, 1.807) is 22.6 Å². The lowest BCUT2D eigenvalue weighted by Gasteiger charge is -2.37. The SMILES string of the molecule is CCCCC1OC2[C@@H](COP(=O)([O-])OP(=O)([O-])OP(=O)([O-])OP(=O)([O-])c3ccccc3I)O[C@@H](n3ccc(=O)[nH]c3=O)[C@H]2O1. The summed E-state index contributed by atoms with van der Waals surface area (Å²) in [6.07, 6.45) is -2.33. The number of hydrogen-bond acceptors (Lipinski definition) is 17. The Hall–Kier alpha value is -0.890. The second-order valence-corrected chi connectivity index (χ2v) is 16.7. The molecule has 2 saturated heterocycles. The van der Waals surface area contributed by atoms with E-state index in [1.165, 1.54) is 18.2 Å². The summed E-state index contributed by atoms with van der Waals surface area (Å²) in [5, 5.41) is -0.618. The summed E-state index contributed by atoms with van der Waals surface area (Å²) in [6, 6.07) is 5.96. The van der Waals surface area contributed by atoms with Crippen molar-refractivity contribution in [1.29, 1.82) is 0 Å². The van der Waals surface area contributed by atoms with Crippen LogP contribution in [0.4, 0.5) is 0 Å². The topological polar surface area (TPSA) is 280 Å². The highest BCUT2D eigenvalue weighted by Gasteiger charge is 2.53. The minimum absolute atomic E-state index is 0.0276. The fourth-order valence-corrected chi connectivity index (χ4v) is 10.7. The van der Waals surface area contributed by atoms with Gasteiger partial charge in [-0.1, -0.05) is 25.5 Å². The molecule has 44 heavy (non-hydrogen) atoms. The first-order valence-electron chi connectivity index (χ1n) is 12.5. The smallest absolute Gasteiger partial charge is 0.330 e. The number of benzene rings is 1. The highest BCUT2D eigenvalue weighted by atomic mass is 127. The highest BCUT2D eigenvalue weighted by Crippen LogP contribution is 2.66. The average Bonchev–Trinajstić information content (AvgIpc) is 3.43. The fourth-order valence-electron chi connectivity index (χ4n) is 4.21. The van der Waals surface area contributed by atoms with E-state index in [-0.39, 0.29) is 3.57 Å². The van der Waals surface area contributed by atoms with Crippen LogP contribution in [0.2, 0.25) is 0 Å². The zero-order chi connectivity index (χ0) is 32.5. The second kappa shape index (κ2) is 14.1. The molecule has 3 heterocycles. The van der Waals surface area contributed by atoms with Crippen LogP contribution in [0.3, 0.4) is 0 Å². The number of phosphoric ester groups is 1. The molecule has 6 unspecified atom stereocenters. The number of nitrogens with one attached hydrogen (secondary N) is 1. The summed E-state index contributed by atoms with van der Waals surface area (Å²) in [6.45, 7) is 0.942. The summed E-state index contributed by atoms with van der Waals surface area (Å²) < 4.78 is 83.1. The molecule has 9 atom stereocenters. The molecule has 246 valence electrons. The normalized spacial score (nSPS) is 28.8. The quantitative estimate of drug-likeness (QED) is 0.189. The summed E-state index contributed by atoms with van der Waals surface area (Å²) in [5.74, 6) is 0. The first-order chi connectivity index (χ1) is 20.4. The van der Waals surface area contributed by atoms with Crippen molar-refractivity contribution in [2.75, 3.05) is 6.61 Å². The van der Waals surface area contributed by atoms with Crippen molar-refractivity contribution >= 4 is 59.0 Å². The number of ether oxygens (including phenoxy) is 3. The van der Waals surface area contributed by atoms with Crippen LogP contribution in [0.25, 0.3) is 0 Å². The third-order valence-corrected chi connectivity index (χ3v) is 13.6. The molecule has 0 bridgehead atoms. The molecule has 0 amide bonds. The van der Waals surface area contributed by atoms with Gasteiger partial charge >= 0.3 is 5.69 Å². The van der Waals surface area contributed by atoms with Crippen molar-refractivity contribution in [3.05, 3.63) is 60.9 Å². The van der Waals surface area contributed by atoms with Crippen molar-refractivity contribution in [1.82, 2.24) is 9.55 Å². The predicted octanol–water partition coefficient (Wildman–Crippen LogP) is -0.311. The van der Waals surface area contributed by atoms with E-state index in [2.05, 4.69) is 17.5 Å². The largest absolute Gasteiger partial charge is 0.775 e. The second-order valence-electron chi connectivity index (χ2n) is 9.19. The standard InChI is InChI=1S/C20H27IN2O17P4/c1-2-3-8-16-36-17-13(35-19(18(17)37-16)23-10-9-15(24)22-20(23)25)11-34-42(28,29)39-44(32,33)40-43(30,31)38-41(26,27)14-7-5-4-6-12(14)21/h4-7,9-10,13,16-19H,2-3,8,11H2,1H3,(H,26,27)(H,28,29)(H,30,31)(H,32,33)(H,22,24,25)/p-4/t13-,16?,17?,18+,19-/m1/s1. The number of hydrogen-bond donors (Lipinski definition) is 1. The minimum atomic E-state index is -6.39. The lowest BCUT2D eigenvalue weighted by molar-refractivity contribution is -0.251. The van der Waals surface area contributed by atoms with E-state index in [0.29, 0.717) is 12.8 Å². The van der Waals surface area contributed by atoms with Gasteiger partial charge in [0.1, 0.15) is 18.3 Å². The third kappa shape index (κ3) is 9.13. The third-order valence-electron chi connectivity index (χ3n) is 5.97. The van der Waals surface area contributed by atoms with Gasteiger partial charge < -0.3 is 42.9 Å². The van der Waals surface area contributed by atoms with Crippen LogP contribution >= 0.6 is 53.7 Å². The number of fused-ring (bicyclic) bond motifs is 1. The van der Waals surface area contributed by atoms with Crippen molar-refractivity contribution in [3.8, 4) is 0 Å². The van der Waals surface area contributed by atoms with Gasteiger partial charge in [0.25, 0.3) is 29.0 Å². The molecule has 0 spiro atoms. The van der Waals surface area contributed by atoms with Crippen molar-refractivity contribution in [2.24, 2.45) is 0 Å². The number of H-pyrrole nitrogens is 1. The van der Waals surface area contributed by atoms with Gasteiger partial charge in [0.2, 0.25) is 0 Å². The maximum atomic E-state index is 12.4. The molecule has 2 fully saturated rings. The number of rotatable bonds is 14. The van der Waals surface area contributed by atoms with Crippen LogP contribution in [0.1, 0.15) is 32.4 Å². The van der Waals surface area contributed by atoms with Gasteiger partial charge in [-0.05, 0) is 47.6 Å². The molecule has 2 aliphatic heterocycles. The molecule has 0 radical (unpaired) electrons. The van der Waals surface area contributed by atoms with Gasteiger partial charge in [0.05, 0.1) is 6.61 Å². The zero-order valence-corrected chi connectivity index (χ0v) is 28.0. The van der Waals surface area contributed by atoms with E-state index in [4.69, 9.17) is 14.2 Å². The van der Waals surface area contributed by atoms with Gasteiger partial charge in [0, 0.05) is 21.1 Å². The van der Waals surface area contributed by atoms with Gasteiger partial charge in [-0.15, -0.1) is 0 Å². The van der Waals surface area contributed by atoms with Crippen LogP contribution in [0.5, 0.6) is 0 Å². The Kier molecular flexibility index (Phi) is 11.5. The number of halogens is 1. The van der Waals surface area contributed by atoms with Crippen molar-refractivity contribution in [2.45, 2.75) is 57.0 Å². The molecule has 2 aromatic rings. The summed E-state index contributed by atoms with van der Waals surface area (Å²) in [7, 11) is -24.1. The fraction of sp³-hybridized carbons (Fsp3) is 0.500. The molecule has 0 aliphatic carbocycles. The maximum absolute atomic E-state index is 12.4. The van der Waals surface area contributed by atoms with Gasteiger partial charge in [-0.2, -0.15) is 0 Å². The molecule has 4 rings (SSSR count). The van der Waals surface area contributed by atoms with E-state index in [0.717, 1.165) is 29.3 Å². The van der Waals surface area contributed by atoms with Gasteiger partial charge in [-0.3, -0.25) is 32.4 Å². The molecule has 24 heteroatoms. The summed E-state index contributed by atoms with van der Waals surface area (Å²) in [4.78, 5) is 74.7.